The molecular formula is C17H22N4S2. The van der Waals surface area contributed by atoms with Crippen molar-refractivity contribution in [2.75, 3.05) is 31.6 Å². The maximum atomic E-state index is 5.50. The van der Waals surface area contributed by atoms with E-state index in [1.54, 1.807) is 0 Å². The summed E-state index contributed by atoms with van der Waals surface area (Å²) in [6, 6.07) is 4.11. The van der Waals surface area contributed by atoms with Crippen LogP contribution in [-0.2, 0) is 0 Å². The molecule has 0 bridgehead atoms. The number of rotatable bonds is 5. The van der Waals surface area contributed by atoms with Crippen LogP contribution in [0.1, 0.15) is 18.4 Å². The molecule has 0 spiro atoms. The monoisotopic (exact) mass is 346 g/mol. The van der Waals surface area contributed by atoms with E-state index in [4.69, 9.17) is 12.2 Å². The summed E-state index contributed by atoms with van der Waals surface area (Å²) in [5.41, 5.74) is 3.61. The lowest BCUT2D eigenvalue weighted by atomic mass is 10.00. The van der Waals surface area contributed by atoms with E-state index in [9.17, 15) is 0 Å². The van der Waals surface area contributed by atoms with Gasteiger partial charge < -0.3 is 15.2 Å². The van der Waals surface area contributed by atoms with E-state index in [-0.39, 0.29) is 0 Å². The molecule has 3 rings (SSSR count). The molecular weight excluding hydrogens is 324 g/mol. The van der Waals surface area contributed by atoms with E-state index >= 15 is 0 Å². The Morgan fingerprint density at radius 1 is 1.52 bits per heavy atom. The van der Waals surface area contributed by atoms with Gasteiger partial charge in [0.1, 0.15) is 5.65 Å². The summed E-state index contributed by atoms with van der Waals surface area (Å²) < 4.78 is 0. The standard InChI is InChI=1S/C17H22N4S2/c1-23-11-3-8-19-17(22)21-9-5-13(6-10-21)15-12-20-16-14(15)4-2-7-18-16/h2,4-5,7,12H,3,6,8-11H2,1H3,(H,18,20)(H,19,22). The third-order valence-corrected chi connectivity index (χ3v) is 5.19. The summed E-state index contributed by atoms with van der Waals surface area (Å²) in [7, 11) is 0. The van der Waals surface area contributed by atoms with Crippen LogP contribution in [0.4, 0.5) is 0 Å². The second kappa shape index (κ2) is 7.84. The average Bonchev–Trinajstić information content (AvgIpc) is 3.03. The Balaban J connectivity index is 1.61. The molecule has 0 atom stereocenters. The van der Waals surface area contributed by atoms with Gasteiger partial charge in [-0.25, -0.2) is 4.98 Å². The minimum atomic E-state index is 0.872. The van der Waals surface area contributed by atoms with E-state index in [2.05, 4.69) is 44.8 Å². The molecule has 0 aromatic carbocycles. The molecule has 0 fully saturated rings. The molecule has 122 valence electrons. The van der Waals surface area contributed by atoms with Crippen molar-refractivity contribution in [1.29, 1.82) is 0 Å². The molecule has 4 nitrogen and oxygen atoms in total. The topological polar surface area (TPSA) is 44.0 Å². The quantitative estimate of drug-likeness (QED) is 0.642. The molecule has 0 unspecified atom stereocenters. The van der Waals surface area contributed by atoms with Crippen molar-refractivity contribution < 1.29 is 0 Å². The van der Waals surface area contributed by atoms with Gasteiger partial charge in [0, 0.05) is 43.0 Å². The molecule has 0 amide bonds. The molecule has 0 radical (unpaired) electrons. The zero-order valence-corrected chi connectivity index (χ0v) is 15.0. The Hall–Kier alpha value is -1.53. The Bertz CT molecular complexity index is 707. The zero-order valence-electron chi connectivity index (χ0n) is 13.3. The van der Waals surface area contributed by atoms with Gasteiger partial charge >= 0.3 is 0 Å². The summed E-state index contributed by atoms with van der Waals surface area (Å²) in [6.07, 6.45) is 10.5. The molecule has 2 aromatic heterocycles. The van der Waals surface area contributed by atoms with Gasteiger partial charge in [-0.15, -0.1) is 0 Å². The van der Waals surface area contributed by atoms with Crippen molar-refractivity contribution in [2.24, 2.45) is 0 Å². The second-order valence-corrected chi connectivity index (χ2v) is 6.98. The van der Waals surface area contributed by atoms with Gasteiger partial charge in [0.25, 0.3) is 0 Å². The first-order chi connectivity index (χ1) is 11.3. The van der Waals surface area contributed by atoms with Crippen molar-refractivity contribution in [1.82, 2.24) is 20.2 Å². The minimum Gasteiger partial charge on any atom is -0.363 e. The van der Waals surface area contributed by atoms with Gasteiger partial charge in [-0.05, 0) is 54.8 Å². The lowest BCUT2D eigenvalue weighted by molar-refractivity contribution is 0.450. The van der Waals surface area contributed by atoms with Crippen LogP contribution in [0.2, 0.25) is 0 Å². The molecule has 0 saturated heterocycles. The highest BCUT2D eigenvalue weighted by atomic mass is 32.2. The van der Waals surface area contributed by atoms with E-state index in [1.807, 2.05) is 24.0 Å². The summed E-state index contributed by atoms with van der Waals surface area (Å²) in [5.74, 6) is 1.17. The molecule has 6 heteroatoms. The third-order valence-electron chi connectivity index (χ3n) is 4.09. The van der Waals surface area contributed by atoms with Crippen molar-refractivity contribution in [3.63, 3.8) is 0 Å². The predicted molar refractivity (Wildman–Crippen MR) is 104 cm³/mol. The second-order valence-electron chi connectivity index (χ2n) is 5.61. The number of nitrogens with zero attached hydrogens (tertiary/aromatic N) is 2. The van der Waals surface area contributed by atoms with Crippen molar-refractivity contribution in [3.8, 4) is 0 Å². The number of thiocarbonyl (C=S) groups is 1. The molecule has 0 aliphatic carbocycles. The van der Waals surface area contributed by atoms with Crippen LogP contribution >= 0.6 is 24.0 Å². The van der Waals surface area contributed by atoms with Gasteiger partial charge in [-0.1, -0.05) is 6.08 Å². The number of hydrogen-bond acceptors (Lipinski definition) is 3. The minimum absolute atomic E-state index is 0.872. The van der Waals surface area contributed by atoms with Crippen LogP contribution in [0.5, 0.6) is 0 Å². The summed E-state index contributed by atoms with van der Waals surface area (Å²) in [4.78, 5) is 9.86. The maximum absolute atomic E-state index is 5.50. The Kier molecular flexibility index (Phi) is 5.56. The number of nitrogens with one attached hydrogen (secondary N) is 2. The first kappa shape index (κ1) is 16.3. The van der Waals surface area contributed by atoms with E-state index in [1.165, 1.54) is 22.3 Å². The van der Waals surface area contributed by atoms with Crippen molar-refractivity contribution in [3.05, 3.63) is 36.2 Å². The van der Waals surface area contributed by atoms with Gasteiger partial charge in [0.15, 0.2) is 5.11 Å². The number of H-pyrrole nitrogens is 1. The van der Waals surface area contributed by atoms with Gasteiger partial charge in [0.05, 0.1) is 0 Å². The average molecular weight is 347 g/mol. The molecule has 1 aliphatic heterocycles. The van der Waals surface area contributed by atoms with Gasteiger partial charge in [-0.3, -0.25) is 0 Å². The van der Waals surface area contributed by atoms with Gasteiger partial charge in [-0.2, -0.15) is 11.8 Å². The fourth-order valence-corrected chi connectivity index (χ4v) is 3.54. The van der Waals surface area contributed by atoms with Crippen LogP contribution in [0.15, 0.2) is 30.6 Å². The molecule has 2 N–H and O–H groups in total. The van der Waals surface area contributed by atoms with E-state index in [0.717, 1.165) is 43.2 Å². The highest BCUT2D eigenvalue weighted by molar-refractivity contribution is 7.98. The summed E-state index contributed by atoms with van der Waals surface area (Å²) >= 11 is 7.38. The predicted octanol–water partition coefficient (Wildman–Crippen LogP) is 3.28. The van der Waals surface area contributed by atoms with Crippen LogP contribution in [0, 0.1) is 0 Å². The number of fused-ring (bicyclic) bond motifs is 1. The number of aromatic amines is 1. The zero-order chi connectivity index (χ0) is 16.1. The van der Waals surface area contributed by atoms with Crippen LogP contribution in [0.3, 0.4) is 0 Å². The Morgan fingerprint density at radius 2 is 2.43 bits per heavy atom. The molecule has 3 heterocycles. The Morgan fingerprint density at radius 3 is 3.22 bits per heavy atom. The Labute approximate surface area is 146 Å². The van der Waals surface area contributed by atoms with E-state index in [0.29, 0.717) is 0 Å². The maximum Gasteiger partial charge on any atom is 0.169 e. The molecule has 2 aromatic rings. The highest BCUT2D eigenvalue weighted by Crippen LogP contribution is 2.28. The lowest BCUT2D eigenvalue weighted by Gasteiger charge is -2.29. The smallest absolute Gasteiger partial charge is 0.169 e. The van der Waals surface area contributed by atoms with E-state index < -0.39 is 0 Å². The number of aromatic nitrogens is 2. The molecule has 0 saturated carbocycles. The normalized spacial score (nSPS) is 14.8. The van der Waals surface area contributed by atoms with Crippen molar-refractivity contribution in [2.45, 2.75) is 12.8 Å². The fraction of sp³-hybridized carbons (Fsp3) is 0.412. The number of hydrogen-bond donors (Lipinski definition) is 2. The third kappa shape index (κ3) is 3.87. The van der Waals surface area contributed by atoms with Crippen LogP contribution in [-0.4, -0.2) is 51.6 Å². The van der Waals surface area contributed by atoms with Crippen molar-refractivity contribution >= 4 is 45.7 Å². The highest BCUT2D eigenvalue weighted by Gasteiger charge is 2.17. The lowest BCUT2D eigenvalue weighted by Crippen LogP contribution is -2.42. The number of pyridine rings is 1. The number of thioether (sulfide) groups is 1. The molecule has 1 aliphatic rings. The first-order valence-electron chi connectivity index (χ1n) is 7.93. The van der Waals surface area contributed by atoms with Crippen LogP contribution in [0.25, 0.3) is 16.6 Å². The van der Waals surface area contributed by atoms with Gasteiger partial charge in [0.2, 0.25) is 0 Å². The fourth-order valence-electron chi connectivity index (χ4n) is 2.84. The SMILES string of the molecule is CSCCCNC(=S)N1CC=C(c2c[nH]c3ncccc23)CC1. The first-order valence-corrected chi connectivity index (χ1v) is 9.73. The summed E-state index contributed by atoms with van der Waals surface area (Å²) in [5, 5.41) is 5.44. The molecule has 23 heavy (non-hydrogen) atoms. The van der Waals surface area contributed by atoms with Crippen LogP contribution < -0.4 is 5.32 Å². The largest absolute Gasteiger partial charge is 0.363 e. The summed E-state index contributed by atoms with van der Waals surface area (Å²) in [6.45, 7) is 2.80.